The van der Waals surface area contributed by atoms with Gasteiger partial charge in [0.1, 0.15) is 0 Å². The van der Waals surface area contributed by atoms with E-state index in [0.29, 0.717) is 10.1 Å². The van der Waals surface area contributed by atoms with Gasteiger partial charge in [0.05, 0.1) is 10.6 Å². The molecule has 1 aromatic carbocycles. The van der Waals surface area contributed by atoms with Crippen molar-refractivity contribution < 1.29 is 4.79 Å². The lowest BCUT2D eigenvalue weighted by atomic mass is 10.1. The second-order valence-corrected chi connectivity index (χ2v) is 6.08. The van der Waals surface area contributed by atoms with Crippen LogP contribution in [0.2, 0.25) is 0 Å². The summed E-state index contributed by atoms with van der Waals surface area (Å²) in [6, 6.07) is 9.78. The number of pyridine rings is 1. The Labute approximate surface area is 133 Å². The van der Waals surface area contributed by atoms with Crippen LogP contribution in [0, 0.1) is 13.8 Å². The summed E-state index contributed by atoms with van der Waals surface area (Å²) in [4.78, 5) is 21.2. The third-order valence-electron chi connectivity index (χ3n) is 3.23. The first-order valence-corrected chi connectivity index (χ1v) is 7.70. The lowest BCUT2D eigenvalue weighted by Gasteiger charge is -2.02. The maximum atomic E-state index is 12.0. The summed E-state index contributed by atoms with van der Waals surface area (Å²) < 4.78 is 0. The fraction of sp³-hybridized carbons (Fsp3) is 0.118. The monoisotopic (exact) mass is 309 g/mol. The number of hydrogen-bond donors (Lipinski definition) is 1. The first-order chi connectivity index (χ1) is 10.6. The molecule has 4 nitrogen and oxygen atoms in total. The second-order valence-electron chi connectivity index (χ2n) is 5.05. The molecule has 22 heavy (non-hydrogen) atoms. The molecule has 1 N–H and O–H groups in total. The topological polar surface area (TPSA) is 54.4 Å². The van der Waals surface area contributed by atoms with Gasteiger partial charge in [0.2, 0.25) is 0 Å². The largest absolute Gasteiger partial charge is 0.300 e. The van der Waals surface area contributed by atoms with Crippen molar-refractivity contribution in [1.82, 2.24) is 10.3 Å². The van der Waals surface area contributed by atoms with Gasteiger partial charge < -0.3 is 5.32 Å². The summed E-state index contributed by atoms with van der Waals surface area (Å²) in [5.74, 6) is -0.120. The van der Waals surface area contributed by atoms with E-state index in [1.165, 1.54) is 17.3 Å². The van der Waals surface area contributed by atoms with Gasteiger partial charge in [0, 0.05) is 12.4 Å². The van der Waals surface area contributed by atoms with Crippen LogP contribution in [0.4, 0.5) is 5.69 Å². The average Bonchev–Trinajstić information content (AvgIpc) is 2.83. The Balaban J connectivity index is 1.85. The molecule has 0 atom stereocenters. The highest BCUT2D eigenvalue weighted by atomic mass is 32.2. The molecule has 0 radical (unpaired) electrons. The third-order valence-corrected chi connectivity index (χ3v) is 4.14. The minimum Gasteiger partial charge on any atom is -0.300 e. The van der Waals surface area contributed by atoms with Crippen LogP contribution in [0.5, 0.6) is 0 Å². The van der Waals surface area contributed by atoms with Crippen molar-refractivity contribution in [3.63, 3.8) is 0 Å². The van der Waals surface area contributed by atoms with Crippen LogP contribution in [0.3, 0.4) is 0 Å². The Kier molecular flexibility index (Phi) is 4.06. The van der Waals surface area contributed by atoms with E-state index >= 15 is 0 Å². The number of carbonyl (C=O) groups is 1. The minimum atomic E-state index is -0.120. The first kappa shape index (κ1) is 14.5. The zero-order chi connectivity index (χ0) is 15.5. The fourth-order valence-electron chi connectivity index (χ4n) is 2.13. The Bertz CT molecular complexity index is 782. The van der Waals surface area contributed by atoms with Gasteiger partial charge in [-0.3, -0.25) is 9.78 Å². The molecular weight excluding hydrogens is 294 g/mol. The van der Waals surface area contributed by atoms with E-state index in [0.717, 1.165) is 16.8 Å². The number of benzene rings is 1. The van der Waals surface area contributed by atoms with Gasteiger partial charge in [-0.2, -0.15) is 0 Å². The molecule has 5 heteroatoms. The summed E-state index contributed by atoms with van der Waals surface area (Å²) in [5, 5.41) is 3.41. The zero-order valence-corrected chi connectivity index (χ0v) is 13.1. The van der Waals surface area contributed by atoms with E-state index in [-0.39, 0.29) is 5.91 Å². The molecule has 0 aliphatic carbocycles. The molecule has 0 spiro atoms. The highest BCUT2D eigenvalue weighted by molar-refractivity contribution is 8.18. The van der Waals surface area contributed by atoms with Crippen molar-refractivity contribution in [3.05, 3.63) is 64.3 Å². The molecular formula is C17H15N3OS. The highest BCUT2D eigenvalue weighted by Crippen LogP contribution is 2.29. The van der Waals surface area contributed by atoms with E-state index in [9.17, 15) is 4.79 Å². The Morgan fingerprint density at radius 1 is 1.18 bits per heavy atom. The van der Waals surface area contributed by atoms with Crippen molar-refractivity contribution in [2.24, 2.45) is 4.99 Å². The number of aryl methyl sites for hydroxylation is 2. The Morgan fingerprint density at radius 3 is 2.68 bits per heavy atom. The number of amides is 1. The lowest BCUT2D eigenvalue weighted by molar-refractivity contribution is -0.115. The van der Waals surface area contributed by atoms with Crippen molar-refractivity contribution in [2.45, 2.75) is 13.8 Å². The van der Waals surface area contributed by atoms with Gasteiger partial charge in [-0.05, 0) is 61.0 Å². The predicted octanol–water partition coefficient (Wildman–Crippen LogP) is 3.59. The Morgan fingerprint density at radius 2 is 1.95 bits per heavy atom. The van der Waals surface area contributed by atoms with Gasteiger partial charge in [0.25, 0.3) is 5.91 Å². The van der Waals surface area contributed by atoms with Crippen LogP contribution < -0.4 is 5.32 Å². The number of aliphatic imine (C=N–C) groups is 1. The standard InChI is InChI=1S/C17H15N3OS/c1-11-3-4-14(12(2)9-11)19-17-20-16(21)15(22-17)10-13-5-7-18-8-6-13/h3-10H,1-2H3,(H,19,20,21)/b15-10+. The van der Waals surface area contributed by atoms with Crippen molar-refractivity contribution in [3.8, 4) is 0 Å². The van der Waals surface area contributed by atoms with Crippen LogP contribution in [0.15, 0.2) is 52.6 Å². The fourth-order valence-corrected chi connectivity index (χ4v) is 2.97. The number of thioether (sulfide) groups is 1. The van der Waals surface area contributed by atoms with Gasteiger partial charge in [-0.15, -0.1) is 0 Å². The van der Waals surface area contributed by atoms with Crippen LogP contribution >= 0.6 is 11.8 Å². The van der Waals surface area contributed by atoms with Crippen LogP contribution in [0.1, 0.15) is 16.7 Å². The van der Waals surface area contributed by atoms with E-state index < -0.39 is 0 Å². The van der Waals surface area contributed by atoms with Gasteiger partial charge in [0.15, 0.2) is 5.17 Å². The maximum absolute atomic E-state index is 12.0. The molecule has 0 bridgehead atoms. The van der Waals surface area contributed by atoms with Crippen LogP contribution in [-0.4, -0.2) is 16.1 Å². The number of carbonyl (C=O) groups excluding carboxylic acids is 1. The Hall–Kier alpha value is -2.40. The van der Waals surface area contributed by atoms with Crippen molar-refractivity contribution in [1.29, 1.82) is 0 Å². The average molecular weight is 309 g/mol. The highest BCUT2D eigenvalue weighted by Gasteiger charge is 2.23. The van der Waals surface area contributed by atoms with E-state index in [1.807, 2.05) is 44.2 Å². The van der Waals surface area contributed by atoms with Crippen molar-refractivity contribution in [2.75, 3.05) is 0 Å². The van der Waals surface area contributed by atoms with Gasteiger partial charge in [-0.25, -0.2) is 4.99 Å². The molecule has 1 amide bonds. The number of aromatic nitrogens is 1. The lowest BCUT2D eigenvalue weighted by Crippen LogP contribution is -2.19. The summed E-state index contributed by atoms with van der Waals surface area (Å²) in [5.41, 5.74) is 4.11. The molecule has 2 aromatic rings. The molecule has 2 heterocycles. The number of rotatable bonds is 2. The van der Waals surface area contributed by atoms with Crippen molar-refractivity contribution >= 4 is 34.6 Å². The number of hydrogen-bond acceptors (Lipinski definition) is 4. The molecule has 0 unspecified atom stereocenters. The predicted molar refractivity (Wildman–Crippen MR) is 91.0 cm³/mol. The molecule has 1 fully saturated rings. The van der Waals surface area contributed by atoms with E-state index in [1.54, 1.807) is 12.4 Å². The first-order valence-electron chi connectivity index (χ1n) is 6.89. The number of nitrogens with zero attached hydrogens (tertiary/aromatic N) is 2. The molecule has 1 aromatic heterocycles. The summed E-state index contributed by atoms with van der Waals surface area (Å²) in [6.45, 7) is 4.06. The SMILES string of the molecule is Cc1ccc(N=C2NC(=O)/C(=C\c3ccncc3)S2)c(C)c1. The molecule has 0 saturated carbocycles. The summed E-state index contributed by atoms with van der Waals surface area (Å²) in [7, 11) is 0. The van der Waals surface area contributed by atoms with Crippen LogP contribution in [-0.2, 0) is 4.79 Å². The molecule has 3 rings (SSSR count). The number of amidine groups is 1. The third kappa shape index (κ3) is 3.26. The summed E-state index contributed by atoms with van der Waals surface area (Å²) >= 11 is 1.35. The summed E-state index contributed by atoms with van der Waals surface area (Å²) in [6.07, 6.45) is 5.25. The van der Waals surface area contributed by atoms with Gasteiger partial charge >= 0.3 is 0 Å². The second kappa shape index (κ2) is 6.15. The van der Waals surface area contributed by atoms with E-state index in [2.05, 4.69) is 21.4 Å². The van der Waals surface area contributed by atoms with Crippen LogP contribution in [0.25, 0.3) is 6.08 Å². The minimum absolute atomic E-state index is 0.120. The molecule has 1 saturated heterocycles. The van der Waals surface area contributed by atoms with Gasteiger partial charge in [-0.1, -0.05) is 17.7 Å². The molecule has 1 aliphatic heterocycles. The number of nitrogens with one attached hydrogen (secondary N) is 1. The maximum Gasteiger partial charge on any atom is 0.264 e. The molecule has 110 valence electrons. The van der Waals surface area contributed by atoms with E-state index in [4.69, 9.17) is 0 Å². The molecule has 1 aliphatic rings. The normalized spacial score (nSPS) is 18.0. The quantitative estimate of drug-likeness (QED) is 0.863. The zero-order valence-electron chi connectivity index (χ0n) is 12.3. The smallest absolute Gasteiger partial charge is 0.264 e.